The summed E-state index contributed by atoms with van der Waals surface area (Å²) in [6.07, 6.45) is 0. The van der Waals surface area contributed by atoms with Crippen LogP contribution in [0.2, 0.25) is 0 Å². The Morgan fingerprint density at radius 1 is 1.21 bits per heavy atom. The molecule has 19 heavy (non-hydrogen) atoms. The standard InChI is InChI=1S/C15H17NO3/c1-3-18-15(17)12-5-7-13(8-6-12)16-10-14-9-4-11(2)19-14/h4-9,16H,3,10H2,1-2H3. The van der Waals surface area contributed by atoms with Crippen LogP contribution in [0.25, 0.3) is 0 Å². The van der Waals surface area contributed by atoms with Gasteiger partial charge in [-0.25, -0.2) is 4.79 Å². The third-order valence-electron chi connectivity index (χ3n) is 2.66. The normalized spacial score (nSPS) is 10.2. The van der Waals surface area contributed by atoms with E-state index in [-0.39, 0.29) is 5.97 Å². The number of hydrogen-bond donors (Lipinski definition) is 1. The lowest BCUT2D eigenvalue weighted by atomic mass is 10.2. The Balaban J connectivity index is 1.93. The molecule has 100 valence electrons. The van der Waals surface area contributed by atoms with Gasteiger partial charge in [0.2, 0.25) is 0 Å². The van der Waals surface area contributed by atoms with Crippen molar-refractivity contribution >= 4 is 11.7 Å². The molecule has 0 saturated carbocycles. The van der Waals surface area contributed by atoms with Crippen molar-refractivity contribution in [2.75, 3.05) is 11.9 Å². The van der Waals surface area contributed by atoms with Crippen molar-refractivity contribution in [1.29, 1.82) is 0 Å². The first-order valence-corrected chi connectivity index (χ1v) is 6.25. The van der Waals surface area contributed by atoms with Crippen molar-refractivity contribution < 1.29 is 13.9 Å². The molecule has 0 aliphatic carbocycles. The molecule has 1 N–H and O–H groups in total. The van der Waals surface area contributed by atoms with Crippen LogP contribution >= 0.6 is 0 Å². The third-order valence-corrected chi connectivity index (χ3v) is 2.66. The van der Waals surface area contributed by atoms with Gasteiger partial charge in [-0.05, 0) is 50.2 Å². The second-order valence-corrected chi connectivity index (χ2v) is 4.16. The van der Waals surface area contributed by atoms with Gasteiger partial charge in [0, 0.05) is 5.69 Å². The van der Waals surface area contributed by atoms with Crippen LogP contribution in [0.5, 0.6) is 0 Å². The topological polar surface area (TPSA) is 51.5 Å². The number of carbonyl (C=O) groups is 1. The molecule has 0 bridgehead atoms. The van der Waals surface area contributed by atoms with E-state index in [1.807, 2.05) is 31.2 Å². The van der Waals surface area contributed by atoms with E-state index in [2.05, 4.69) is 5.32 Å². The number of rotatable bonds is 5. The highest BCUT2D eigenvalue weighted by molar-refractivity contribution is 5.89. The summed E-state index contributed by atoms with van der Waals surface area (Å²) in [4.78, 5) is 11.5. The minimum absolute atomic E-state index is 0.296. The van der Waals surface area contributed by atoms with Crippen molar-refractivity contribution in [1.82, 2.24) is 0 Å². The van der Waals surface area contributed by atoms with Crippen LogP contribution in [0.4, 0.5) is 5.69 Å². The highest BCUT2D eigenvalue weighted by Gasteiger charge is 2.05. The molecular formula is C15H17NO3. The minimum Gasteiger partial charge on any atom is -0.465 e. The van der Waals surface area contributed by atoms with Gasteiger partial charge in [0.05, 0.1) is 18.7 Å². The number of anilines is 1. The summed E-state index contributed by atoms with van der Waals surface area (Å²) in [5.41, 5.74) is 1.49. The Kier molecular flexibility index (Phi) is 4.23. The number of ether oxygens (including phenoxy) is 1. The zero-order valence-electron chi connectivity index (χ0n) is 11.1. The molecule has 1 aromatic carbocycles. The van der Waals surface area contributed by atoms with Crippen molar-refractivity contribution in [2.45, 2.75) is 20.4 Å². The third kappa shape index (κ3) is 3.61. The van der Waals surface area contributed by atoms with E-state index >= 15 is 0 Å². The molecule has 0 amide bonds. The number of furan rings is 1. The van der Waals surface area contributed by atoms with Crippen LogP contribution in [0, 0.1) is 6.92 Å². The summed E-state index contributed by atoms with van der Waals surface area (Å²) in [7, 11) is 0. The quantitative estimate of drug-likeness (QED) is 0.836. The molecule has 1 heterocycles. The highest BCUT2D eigenvalue weighted by Crippen LogP contribution is 2.13. The lowest BCUT2D eigenvalue weighted by molar-refractivity contribution is 0.0526. The molecule has 2 aromatic rings. The summed E-state index contributed by atoms with van der Waals surface area (Å²) < 4.78 is 10.4. The van der Waals surface area contributed by atoms with E-state index in [9.17, 15) is 4.79 Å². The smallest absolute Gasteiger partial charge is 0.338 e. The molecule has 2 rings (SSSR count). The van der Waals surface area contributed by atoms with Gasteiger partial charge in [0.15, 0.2) is 0 Å². The Morgan fingerprint density at radius 2 is 1.95 bits per heavy atom. The predicted octanol–water partition coefficient (Wildman–Crippen LogP) is 3.38. The van der Waals surface area contributed by atoms with Crippen LogP contribution in [0.3, 0.4) is 0 Å². The van der Waals surface area contributed by atoms with Crippen molar-refractivity contribution in [3.8, 4) is 0 Å². The Morgan fingerprint density at radius 3 is 2.53 bits per heavy atom. The number of carbonyl (C=O) groups excluding carboxylic acids is 1. The Labute approximate surface area is 112 Å². The van der Waals surface area contributed by atoms with Crippen LogP contribution in [-0.2, 0) is 11.3 Å². The molecule has 0 radical (unpaired) electrons. The summed E-state index contributed by atoms with van der Waals surface area (Å²) in [6, 6.07) is 11.1. The van der Waals surface area contributed by atoms with Gasteiger partial charge in [-0.15, -0.1) is 0 Å². The maximum Gasteiger partial charge on any atom is 0.338 e. The average Bonchev–Trinajstić information content (AvgIpc) is 2.83. The van der Waals surface area contributed by atoms with E-state index in [1.165, 1.54) is 0 Å². The summed E-state index contributed by atoms with van der Waals surface area (Å²) >= 11 is 0. The first-order valence-electron chi connectivity index (χ1n) is 6.25. The molecule has 1 aromatic heterocycles. The number of aryl methyl sites for hydroxylation is 1. The Bertz CT molecular complexity index is 543. The monoisotopic (exact) mass is 259 g/mol. The highest BCUT2D eigenvalue weighted by atomic mass is 16.5. The van der Waals surface area contributed by atoms with Crippen molar-refractivity contribution in [3.05, 3.63) is 53.5 Å². The summed E-state index contributed by atoms with van der Waals surface area (Å²) in [5, 5.41) is 3.23. The average molecular weight is 259 g/mol. The summed E-state index contributed by atoms with van der Waals surface area (Å²) in [5.74, 6) is 1.48. The lowest BCUT2D eigenvalue weighted by Crippen LogP contribution is -2.05. The molecule has 0 atom stereocenters. The van der Waals surface area contributed by atoms with Crippen molar-refractivity contribution in [2.24, 2.45) is 0 Å². The van der Waals surface area contributed by atoms with E-state index in [0.717, 1.165) is 17.2 Å². The fourth-order valence-electron chi connectivity index (χ4n) is 1.71. The van der Waals surface area contributed by atoms with Crippen LogP contribution in [0.1, 0.15) is 28.8 Å². The molecule has 0 spiro atoms. The maximum absolute atomic E-state index is 11.5. The number of esters is 1. The Hall–Kier alpha value is -2.23. The summed E-state index contributed by atoms with van der Waals surface area (Å²) in [6.45, 7) is 4.71. The largest absolute Gasteiger partial charge is 0.465 e. The molecule has 0 aliphatic heterocycles. The molecule has 0 aliphatic rings. The van der Waals surface area contributed by atoms with E-state index in [1.54, 1.807) is 19.1 Å². The molecule has 0 unspecified atom stereocenters. The van der Waals surface area contributed by atoms with Gasteiger partial charge < -0.3 is 14.5 Å². The number of nitrogens with one attached hydrogen (secondary N) is 1. The van der Waals surface area contributed by atoms with Gasteiger partial charge in [-0.3, -0.25) is 0 Å². The SMILES string of the molecule is CCOC(=O)c1ccc(NCc2ccc(C)o2)cc1. The van der Waals surface area contributed by atoms with E-state index in [4.69, 9.17) is 9.15 Å². The van der Waals surface area contributed by atoms with Gasteiger partial charge in [0.1, 0.15) is 11.5 Å². The van der Waals surface area contributed by atoms with Gasteiger partial charge in [-0.2, -0.15) is 0 Å². The minimum atomic E-state index is -0.296. The predicted molar refractivity (Wildman–Crippen MR) is 73.2 cm³/mol. The first-order chi connectivity index (χ1) is 9.19. The van der Waals surface area contributed by atoms with Crippen LogP contribution in [-0.4, -0.2) is 12.6 Å². The van der Waals surface area contributed by atoms with Gasteiger partial charge >= 0.3 is 5.97 Å². The van der Waals surface area contributed by atoms with Crippen molar-refractivity contribution in [3.63, 3.8) is 0 Å². The fourth-order valence-corrected chi connectivity index (χ4v) is 1.71. The zero-order chi connectivity index (χ0) is 13.7. The van der Waals surface area contributed by atoms with Crippen LogP contribution < -0.4 is 5.32 Å². The van der Waals surface area contributed by atoms with Gasteiger partial charge in [-0.1, -0.05) is 0 Å². The van der Waals surface area contributed by atoms with Crippen LogP contribution in [0.15, 0.2) is 40.8 Å². The van der Waals surface area contributed by atoms with Gasteiger partial charge in [0.25, 0.3) is 0 Å². The maximum atomic E-state index is 11.5. The molecule has 4 nitrogen and oxygen atoms in total. The molecular weight excluding hydrogens is 242 g/mol. The molecule has 0 saturated heterocycles. The first kappa shape index (κ1) is 13.2. The number of benzene rings is 1. The fraction of sp³-hybridized carbons (Fsp3) is 0.267. The lowest BCUT2D eigenvalue weighted by Gasteiger charge is -2.06. The van der Waals surface area contributed by atoms with E-state index in [0.29, 0.717) is 18.7 Å². The second-order valence-electron chi connectivity index (χ2n) is 4.16. The molecule has 0 fully saturated rings. The number of hydrogen-bond acceptors (Lipinski definition) is 4. The molecule has 4 heteroatoms. The van der Waals surface area contributed by atoms with E-state index < -0.39 is 0 Å². The zero-order valence-corrected chi connectivity index (χ0v) is 11.1. The second kappa shape index (κ2) is 6.09.